The molecule has 2 heterocycles. The monoisotopic (exact) mass is 250 g/mol. The van der Waals surface area contributed by atoms with Crippen LogP contribution in [-0.4, -0.2) is 9.91 Å². The molecule has 2 rings (SSSR count). The van der Waals surface area contributed by atoms with Crippen molar-refractivity contribution < 1.29 is 14.1 Å². The van der Waals surface area contributed by atoms with Gasteiger partial charge in [-0.15, -0.1) is 0 Å². The van der Waals surface area contributed by atoms with E-state index in [9.17, 15) is 10.1 Å². The number of ether oxygens (including phenoxy) is 1. The van der Waals surface area contributed by atoms with Gasteiger partial charge in [-0.3, -0.25) is 10.1 Å². The van der Waals surface area contributed by atoms with Crippen LogP contribution in [0.2, 0.25) is 0 Å². The third kappa shape index (κ3) is 2.74. The summed E-state index contributed by atoms with van der Waals surface area (Å²) in [4.78, 5) is 14.1. The molecule has 8 nitrogen and oxygen atoms in total. The molecule has 0 saturated carbocycles. The minimum atomic E-state index is -0.553. The summed E-state index contributed by atoms with van der Waals surface area (Å²) in [5.74, 6) is 6.00. The van der Waals surface area contributed by atoms with E-state index >= 15 is 0 Å². The van der Waals surface area contributed by atoms with Crippen LogP contribution < -0.4 is 16.0 Å². The Kier molecular flexibility index (Phi) is 3.39. The van der Waals surface area contributed by atoms with E-state index in [0.717, 1.165) is 0 Å². The zero-order valence-corrected chi connectivity index (χ0v) is 9.20. The Morgan fingerprint density at radius 1 is 1.56 bits per heavy atom. The first-order valence-electron chi connectivity index (χ1n) is 4.97. The van der Waals surface area contributed by atoms with Crippen molar-refractivity contribution in [2.75, 3.05) is 5.43 Å². The SMILES string of the molecule is NNc1cc([N+](=O)[O-])cc(OCc2ccco2)n1. The molecule has 0 aliphatic rings. The number of furan rings is 1. The highest BCUT2D eigenvalue weighted by Gasteiger charge is 2.12. The Balaban J connectivity index is 2.16. The summed E-state index contributed by atoms with van der Waals surface area (Å²) in [7, 11) is 0. The van der Waals surface area contributed by atoms with Gasteiger partial charge in [0.2, 0.25) is 5.88 Å². The van der Waals surface area contributed by atoms with Crippen molar-refractivity contribution >= 4 is 11.5 Å². The Labute approximate surface area is 101 Å². The third-order valence-corrected chi connectivity index (χ3v) is 2.09. The van der Waals surface area contributed by atoms with E-state index in [4.69, 9.17) is 15.0 Å². The minimum absolute atomic E-state index is 0.0913. The Hall–Kier alpha value is -2.61. The average Bonchev–Trinajstić information content (AvgIpc) is 2.89. The molecule has 0 saturated heterocycles. The minimum Gasteiger partial charge on any atom is -0.469 e. The zero-order valence-electron chi connectivity index (χ0n) is 9.20. The van der Waals surface area contributed by atoms with E-state index in [2.05, 4.69) is 10.4 Å². The van der Waals surface area contributed by atoms with Crippen LogP contribution in [0, 0.1) is 10.1 Å². The fourth-order valence-corrected chi connectivity index (χ4v) is 1.28. The number of nitrogen functional groups attached to an aromatic ring is 1. The molecule has 0 aromatic carbocycles. The number of rotatable bonds is 5. The maximum absolute atomic E-state index is 10.7. The number of nitrogens with zero attached hydrogens (tertiary/aromatic N) is 2. The third-order valence-electron chi connectivity index (χ3n) is 2.09. The standard InChI is InChI=1S/C10H10N4O4/c11-13-9-4-7(14(15)16)5-10(12-9)18-6-8-2-1-3-17-8/h1-5H,6,11H2,(H,12,13). The summed E-state index contributed by atoms with van der Waals surface area (Å²) >= 11 is 0. The lowest BCUT2D eigenvalue weighted by atomic mass is 10.4. The molecule has 0 bridgehead atoms. The fourth-order valence-electron chi connectivity index (χ4n) is 1.28. The first kappa shape index (κ1) is 11.9. The molecular formula is C10H10N4O4. The van der Waals surface area contributed by atoms with Crippen molar-refractivity contribution in [1.82, 2.24) is 4.98 Å². The van der Waals surface area contributed by atoms with Crippen LogP contribution in [0.3, 0.4) is 0 Å². The van der Waals surface area contributed by atoms with Crippen LogP contribution in [0.4, 0.5) is 11.5 Å². The molecule has 3 N–H and O–H groups in total. The van der Waals surface area contributed by atoms with Crippen LogP contribution in [0.1, 0.15) is 5.76 Å². The van der Waals surface area contributed by atoms with Crippen LogP contribution in [-0.2, 0) is 6.61 Å². The molecule has 0 spiro atoms. The first-order valence-corrected chi connectivity index (χ1v) is 4.97. The van der Waals surface area contributed by atoms with Crippen LogP contribution >= 0.6 is 0 Å². The Morgan fingerprint density at radius 2 is 2.39 bits per heavy atom. The number of hydrogen-bond donors (Lipinski definition) is 2. The van der Waals surface area contributed by atoms with E-state index in [1.54, 1.807) is 12.1 Å². The summed E-state index contributed by atoms with van der Waals surface area (Å²) in [6.45, 7) is 0.130. The number of anilines is 1. The number of hydrazine groups is 1. The lowest BCUT2D eigenvalue weighted by molar-refractivity contribution is -0.384. The maximum Gasteiger partial charge on any atom is 0.278 e. The van der Waals surface area contributed by atoms with E-state index in [-0.39, 0.29) is 24.0 Å². The fraction of sp³-hybridized carbons (Fsp3) is 0.100. The van der Waals surface area contributed by atoms with Gasteiger partial charge in [-0.1, -0.05) is 0 Å². The van der Waals surface area contributed by atoms with Crippen LogP contribution in [0.15, 0.2) is 34.9 Å². The second-order valence-corrected chi connectivity index (χ2v) is 3.32. The molecule has 0 unspecified atom stereocenters. The summed E-state index contributed by atoms with van der Waals surface area (Å²) < 4.78 is 10.3. The summed E-state index contributed by atoms with van der Waals surface area (Å²) in [6.07, 6.45) is 1.51. The molecule has 0 aliphatic heterocycles. The van der Waals surface area contributed by atoms with Crippen molar-refractivity contribution in [2.45, 2.75) is 6.61 Å². The van der Waals surface area contributed by atoms with E-state index in [1.807, 2.05) is 0 Å². The second kappa shape index (κ2) is 5.15. The maximum atomic E-state index is 10.7. The highest BCUT2D eigenvalue weighted by molar-refractivity contribution is 5.47. The average molecular weight is 250 g/mol. The van der Waals surface area contributed by atoms with Gasteiger partial charge in [-0.2, -0.15) is 4.98 Å². The smallest absolute Gasteiger partial charge is 0.278 e. The second-order valence-electron chi connectivity index (χ2n) is 3.32. The predicted octanol–water partition coefficient (Wildman–Crippen LogP) is 1.45. The highest BCUT2D eigenvalue weighted by Crippen LogP contribution is 2.22. The van der Waals surface area contributed by atoms with E-state index < -0.39 is 4.92 Å². The van der Waals surface area contributed by atoms with Crippen LogP contribution in [0.25, 0.3) is 0 Å². The molecular weight excluding hydrogens is 240 g/mol. The van der Waals surface area contributed by atoms with E-state index in [1.165, 1.54) is 18.4 Å². The number of aromatic nitrogens is 1. The van der Waals surface area contributed by atoms with Crippen molar-refractivity contribution in [3.63, 3.8) is 0 Å². The molecule has 0 radical (unpaired) electrons. The summed E-state index contributed by atoms with van der Waals surface area (Å²) in [5.41, 5.74) is 2.08. The molecule has 94 valence electrons. The number of nitrogens with one attached hydrogen (secondary N) is 1. The van der Waals surface area contributed by atoms with Gasteiger partial charge in [0.1, 0.15) is 12.4 Å². The molecule has 8 heteroatoms. The molecule has 0 aliphatic carbocycles. The largest absolute Gasteiger partial charge is 0.469 e. The van der Waals surface area contributed by atoms with Gasteiger partial charge in [-0.25, -0.2) is 5.84 Å². The van der Waals surface area contributed by atoms with Gasteiger partial charge in [0, 0.05) is 0 Å². The molecule has 0 atom stereocenters. The molecule has 2 aromatic rings. The first-order chi connectivity index (χ1) is 8.69. The Bertz CT molecular complexity index is 541. The topological polar surface area (TPSA) is 116 Å². The van der Waals surface area contributed by atoms with Gasteiger partial charge < -0.3 is 14.6 Å². The van der Waals surface area contributed by atoms with Crippen LogP contribution in [0.5, 0.6) is 5.88 Å². The molecule has 2 aromatic heterocycles. The predicted molar refractivity (Wildman–Crippen MR) is 61.7 cm³/mol. The quantitative estimate of drug-likeness (QED) is 0.468. The Morgan fingerprint density at radius 3 is 3.00 bits per heavy atom. The van der Waals surface area contributed by atoms with Gasteiger partial charge >= 0.3 is 0 Å². The van der Waals surface area contributed by atoms with Gasteiger partial charge in [-0.05, 0) is 12.1 Å². The molecule has 0 fully saturated rings. The number of nitro groups is 1. The summed E-state index contributed by atoms with van der Waals surface area (Å²) in [6, 6.07) is 5.86. The lowest BCUT2D eigenvalue weighted by Gasteiger charge is -2.05. The normalized spacial score (nSPS) is 10.1. The summed E-state index contributed by atoms with van der Waals surface area (Å²) in [5, 5.41) is 10.7. The van der Waals surface area contributed by atoms with Gasteiger partial charge in [0.25, 0.3) is 5.69 Å². The number of hydrogen-bond acceptors (Lipinski definition) is 7. The van der Waals surface area contributed by atoms with Crippen molar-refractivity contribution in [3.8, 4) is 5.88 Å². The van der Waals surface area contributed by atoms with Crippen molar-refractivity contribution in [3.05, 3.63) is 46.4 Å². The van der Waals surface area contributed by atoms with E-state index in [0.29, 0.717) is 5.76 Å². The number of pyridine rings is 1. The van der Waals surface area contributed by atoms with Gasteiger partial charge in [0.05, 0.1) is 23.3 Å². The zero-order chi connectivity index (χ0) is 13.0. The van der Waals surface area contributed by atoms with Gasteiger partial charge in [0.15, 0.2) is 5.82 Å². The van der Waals surface area contributed by atoms with Crippen molar-refractivity contribution in [2.24, 2.45) is 5.84 Å². The number of nitrogens with two attached hydrogens (primary N) is 1. The molecule has 0 amide bonds. The molecule has 18 heavy (non-hydrogen) atoms. The van der Waals surface area contributed by atoms with Crippen molar-refractivity contribution in [1.29, 1.82) is 0 Å². The lowest BCUT2D eigenvalue weighted by Crippen LogP contribution is -2.09. The highest BCUT2D eigenvalue weighted by atomic mass is 16.6.